The molecule has 0 aliphatic carbocycles. The molecule has 0 spiro atoms. The van der Waals surface area contributed by atoms with Gasteiger partial charge in [-0.25, -0.2) is 0 Å². The van der Waals surface area contributed by atoms with E-state index in [1.165, 1.54) is 37.1 Å². The smallest absolute Gasteiger partial charge is 0.251 e. The molecule has 1 N–H and O–H groups in total. The minimum Gasteiger partial charge on any atom is -0.350 e. The van der Waals surface area contributed by atoms with Gasteiger partial charge in [0.2, 0.25) is 0 Å². The summed E-state index contributed by atoms with van der Waals surface area (Å²) in [6.45, 7) is 7.77. The van der Waals surface area contributed by atoms with E-state index in [0.29, 0.717) is 0 Å². The van der Waals surface area contributed by atoms with Gasteiger partial charge in [0.15, 0.2) is 0 Å². The number of nitrogens with zero attached hydrogens (tertiary/aromatic N) is 1. The lowest BCUT2D eigenvalue weighted by Gasteiger charge is -2.30. The van der Waals surface area contributed by atoms with Crippen LogP contribution < -0.4 is 5.32 Å². The van der Waals surface area contributed by atoms with Crippen LogP contribution in [0, 0.1) is 5.92 Å². The Hall–Kier alpha value is -2.13. The van der Waals surface area contributed by atoms with Crippen LogP contribution >= 0.6 is 0 Å². The Kier molecular flexibility index (Phi) is 7.05. The molecule has 3 rings (SSSR count). The quantitative estimate of drug-likeness (QED) is 0.774. The Balaban J connectivity index is 1.45. The van der Waals surface area contributed by atoms with Crippen LogP contribution in [-0.2, 0) is 13.0 Å². The Morgan fingerprint density at radius 2 is 1.70 bits per heavy atom. The van der Waals surface area contributed by atoms with Gasteiger partial charge in [0.1, 0.15) is 0 Å². The molecule has 1 atom stereocenters. The second-order valence-electron chi connectivity index (χ2n) is 8.05. The lowest BCUT2D eigenvalue weighted by molar-refractivity contribution is 0.0938. The number of aryl methyl sites for hydroxylation is 1. The highest BCUT2D eigenvalue weighted by molar-refractivity contribution is 5.94. The monoisotopic (exact) mass is 364 g/mol. The summed E-state index contributed by atoms with van der Waals surface area (Å²) in [6, 6.07) is 18.7. The molecule has 0 aromatic heterocycles. The number of hydrogen-bond acceptors (Lipinski definition) is 2. The van der Waals surface area contributed by atoms with Gasteiger partial charge in [-0.3, -0.25) is 9.69 Å². The predicted octanol–water partition coefficient (Wildman–Crippen LogP) is 4.67. The van der Waals surface area contributed by atoms with Crippen molar-refractivity contribution in [2.75, 3.05) is 13.1 Å². The van der Waals surface area contributed by atoms with E-state index in [9.17, 15) is 4.79 Å². The van der Waals surface area contributed by atoms with Crippen LogP contribution in [0.25, 0.3) is 0 Å². The van der Waals surface area contributed by atoms with Crippen LogP contribution in [0.2, 0.25) is 0 Å². The van der Waals surface area contributed by atoms with Gasteiger partial charge in [-0.2, -0.15) is 0 Å². The molecule has 1 heterocycles. The zero-order chi connectivity index (χ0) is 19.1. The first kappa shape index (κ1) is 19.6. The van der Waals surface area contributed by atoms with E-state index in [-0.39, 0.29) is 11.9 Å². The molecule has 1 fully saturated rings. The fourth-order valence-electron chi connectivity index (χ4n) is 3.65. The number of carbonyl (C=O) groups is 1. The van der Waals surface area contributed by atoms with Crippen molar-refractivity contribution in [3.63, 3.8) is 0 Å². The van der Waals surface area contributed by atoms with Crippen molar-refractivity contribution in [3.8, 4) is 0 Å². The minimum atomic E-state index is 0.0221. The first-order valence-electron chi connectivity index (χ1n) is 10.3. The van der Waals surface area contributed by atoms with Crippen molar-refractivity contribution in [2.24, 2.45) is 5.92 Å². The summed E-state index contributed by atoms with van der Waals surface area (Å²) in [7, 11) is 0. The standard InChI is InChI=1S/C24H32N2O/c1-19-14-16-26(17-15-19)18-22-10-12-23(13-11-22)24(27)25-20(2)8-9-21-6-4-3-5-7-21/h3-7,10-13,19-20H,8-9,14-18H2,1-2H3,(H,25,27)/t20-/m1/s1. The first-order valence-corrected chi connectivity index (χ1v) is 10.3. The van der Waals surface area contributed by atoms with Crippen LogP contribution in [-0.4, -0.2) is 29.9 Å². The molecular formula is C24H32N2O. The predicted molar refractivity (Wildman–Crippen MR) is 112 cm³/mol. The second kappa shape index (κ2) is 9.70. The molecule has 1 amide bonds. The number of nitrogens with one attached hydrogen (secondary N) is 1. The van der Waals surface area contributed by atoms with Gasteiger partial charge < -0.3 is 5.32 Å². The largest absolute Gasteiger partial charge is 0.350 e. The van der Waals surface area contributed by atoms with Crippen LogP contribution in [0.4, 0.5) is 0 Å². The summed E-state index contributed by atoms with van der Waals surface area (Å²) in [5, 5.41) is 3.12. The molecular weight excluding hydrogens is 332 g/mol. The summed E-state index contributed by atoms with van der Waals surface area (Å²) in [5.74, 6) is 0.880. The lowest BCUT2D eigenvalue weighted by atomic mass is 9.99. The molecule has 144 valence electrons. The number of carbonyl (C=O) groups excluding carboxylic acids is 1. The first-order chi connectivity index (χ1) is 13.1. The minimum absolute atomic E-state index is 0.0221. The Morgan fingerprint density at radius 1 is 1.04 bits per heavy atom. The molecule has 3 nitrogen and oxygen atoms in total. The van der Waals surface area contributed by atoms with Crippen molar-refractivity contribution in [1.29, 1.82) is 0 Å². The SMILES string of the molecule is CC1CCN(Cc2ccc(C(=O)N[C@H](C)CCc3ccccc3)cc2)CC1. The maximum atomic E-state index is 12.5. The number of piperidine rings is 1. The highest BCUT2D eigenvalue weighted by Gasteiger charge is 2.16. The number of likely N-dealkylation sites (tertiary alicyclic amines) is 1. The summed E-state index contributed by atoms with van der Waals surface area (Å²) in [6.07, 6.45) is 4.51. The topological polar surface area (TPSA) is 32.3 Å². The summed E-state index contributed by atoms with van der Waals surface area (Å²) >= 11 is 0. The van der Waals surface area contributed by atoms with E-state index in [1.807, 2.05) is 18.2 Å². The van der Waals surface area contributed by atoms with Crippen molar-refractivity contribution < 1.29 is 4.79 Å². The maximum absolute atomic E-state index is 12.5. The Morgan fingerprint density at radius 3 is 2.37 bits per heavy atom. The fraction of sp³-hybridized carbons (Fsp3) is 0.458. The Bertz CT molecular complexity index is 703. The molecule has 0 radical (unpaired) electrons. The van der Waals surface area contributed by atoms with Gasteiger partial charge in [-0.15, -0.1) is 0 Å². The molecule has 27 heavy (non-hydrogen) atoms. The molecule has 3 heteroatoms. The maximum Gasteiger partial charge on any atom is 0.251 e. The van der Waals surface area contributed by atoms with E-state index in [1.54, 1.807) is 0 Å². The van der Waals surface area contributed by atoms with Crippen molar-refractivity contribution >= 4 is 5.91 Å². The van der Waals surface area contributed by atoms with Gasteiger partial charge >= 0.3 is 0 Å². The molecule has 2 aromatic rings. The third kappa shape index (κ3) is 6.21. The van der Waals surface area contributed by atoms with E-state index >= 15 is 0 Å². The molecule has 1 aliphatic heterocycles. The highest BCUT2D eigenvalue weighted by atomic mass is 16.1. The number of amides is 1. The normalized spacial score (nSPS) is 16.8. The van der Waals surface area contributed by atoms with E-state index in [4.69, 9.17) is 0 Å². The molecule has 1 aliphatic rings. The number of rotatable bonds is 7. The third-order valence-corrected chi connectivity index (χ3v) is 5.58. The van der Waals surface area contributed by atoms with Gasteiger partial charge in [0, 0.05) is 18.2 Å². The number of hydrogen-bond donors (Lipinski definition) is 1. The zero-order valence-corrected chi connectivity index (χ0v) is 16.7. The highest BCUT2D eigenvalue weighted by Crippen LogP contribution is 2.18. The van der Waals surface area contributed by atoms with Gasteiger partial charge in [0.25, 0.3) is 5.91 Å². The molecule has 0 saturated carbocycles. The summed E-state index contributed by atoms with van der Waals surface area (Å²) in [4.78, 5) is 15.0. The fourth-order valence-corrected chi connectivity index (χ4v) is 3.65. The van der Waals surface area contributed by atoms with Crippen LogP contribution in [0.5, 0.6) is 0 Å². The summed E-state index contributed by atoms with van der Waals surface area (Å²) in [5.41, 5.74) is 3.35. The average molecular weight is 365 g/mol. The molecule has 0 unspecified atom stereocenters. The Labute approximate surface area is 163 Å². The van der Waals surface area contributed by atoms with E-state index in [2.05, 4.69) is 60.5 Å². The lowest BCUT2D eigenvalue weighted by Crippen LogP contribution is -2.33. The van der Waals surface area contributed by atoms with Gasteiger partial charge in [0.05, 0.1) is 0 Å². The van der Waals surface area contributed by atoms with Crippen LogP contribution in [0.15, 0.2) is 54.6 Å². The second-order valence-corrected chi connectivity index (χ2v) is 8.05. The zero-order valence-electron chi connectivity index (χ0n) is 16.7. The van der Waals surface area contributed by atoms with Gasteiger partial charge in [-0.05, 0) is 74.9 Å². The van der Waals surface area contributed by atoms with Crippen LogP contribution in [0.1, 0.15) is 54.6 Å². The average Bonchev–Trinajstić information content (AvgIpc) is 2.69. The third-order valence-electron chi connectivity index (χ3n) is 5.58. The number of benzene rings is 2. The molecule has 0 bridgehead atoms. The van der Waals surface area contributed by atoms with Crippen molar-refractivity contribution in [2.45, 2.75) is 52.1 Å². The van der Waals surface area contributed by atoms with E-state index in [0.717, 1.165) is 30.9 Å². The van der Waals surface area contributed by atoms with E-state index < -0.39 is 0 Å². The van der Waals surface area contributed by atoms with Crippen molar-refractivity contribution in [1.82, 2.24) is 10.2 Å². The van der Waals surface area contributed by atoms with Gasteiger partial charge in [-0.1, -0.05) is 49.4 Å². The summed E-state index contributed by atoms with van der Waals surface area (Å²) < 4.78 is 0. The molecule has 1 saturated heterocycles. The van der Waals surface area contributed by atoms with Crippen LogP contribution in [0.3, 0.4) is 0 Å². The van der Waals surface area contributed by atoms with Crippen molar-refractivity contribution in [3.05, 3.63) is 71.3 Å². The molecule has 2 aromatic carbocycles.